The van der Waals surface area contributed by atoms with Crippen LogP contribution >= 0.6 is 0 Å². The number of piperidine rings is 2. The van der Waals surface area contributed by atoms with E-state index in [1.807, 2.05) is 12.1 Å². The van der Waals surface area contributed by atoms with E-state index in [1.54, 1.807) is 12.4 Å². The van der Waals surface area contributed by atoms with E-state index < -0.39 is 0 Å². The molecular weight excluding hydrogens is 418 g/mol. The lowest BCUT2D eigenvalue weighted by Crippen LogP contribution is -2.40. The third kappa shape index (κ3) is 4.69. The molecule has 3 aromatic rings. The molecule has 1 aromatic carbocycles. The Hall–Kier alpha value is -3.42. The number of pyridine rings is 1. The second-order valence-corrected chi connectivity index (χ2v) is 8.64. The SMILES string of the molecule is COC(=O)C1CCN(c2nccnc2OC2CCN(c3ccc4ccccc4n3)CC2)CC1. The molecule has 2 aliphatic rings. The van der Waals surface area contributed by atoms with Crippen LogP contribution in [-0.4, -0.2) is 60.3 Å². The molecule has 0 N–H and O–H groups in total. The number of aromatic nitrogens is 3. The molecule has 5 rings (SSSR count). The molecule has 8 nitrogen and oxygen atoms in total. The largest absolute Gasteiger partial charge is 0.472 e. The zero-order chi connectivity index (χ0) is 22.6. The van der Waals surface area contributed by atoms with Gasteiger partial charge in [0.1, 0.15) is 11.9 Å². The first-order chi connectivity index (χ1) is 16.2. The molecule has 0 unspecified atom stereocenters. The lowest BCUT2D eigenvalue weighted by Gasteiger charge is -2.34. The van der Waals surface area contributed by atoms with E-state index in [4.69, 9.17) is 14.5 Å². The molecule has 0 aliphatic carbocycles. The van der Waals surface area contributed by atoms with Crippen molar-refractivity contribution >= 4 is 28.5 Å². The Balaban J connectivity index is 1.20. The van der Waals surface area contributed by atoms with Crippen LogP contribution in [0.3, 0.4) is 0 Å². The molecule has 0 radical (unpaired) electrons. The van der Waals surface area contributed by atoms with Crippen molar-refractivity contribution in [3.8, 4) is 5.88 Å². The van der Waals surface area contributed by atoms with Crippen molar-refractivity contribution in [1.29, 1.82) is 0 Å². The average Bonchev–Trinajstić information content (AvgIpc) is 2.89. The van der Waals surface area contributed by atoms with Crippen LogP contribution in [-0.2, 0) is 9.53 Å². The van der Waals surface area contributed by atoms with Crippen molar-refractivity contribution < 1.29 is 14.3 Å². The summed E-state index contributed by atoms with van der Waals surface area (Å²) in [6.45, 7) is 3.24. The fourth-order valence-corrected chi connectivity index (χ4v) is 4.70. The Labute approximate surface area is 193 Å². The monoisotopic (exact) mass is 447 g/mol. The zero-order valence-corrected chi connectivity index (χ0v) is 18.9. The minimum Gasteiger partial charge on any atom is -0.472 e. The molecule has 2 aromatic heterocycles. The van der Waals surface area contributed by atoms with Crippen LogP contribution in [0.2, 0.25) is 0 Å². The highest BCUT2D eigenvalue weighted by Gasteiger charge is 2.29. The summed E-state index contributed by atoms with van der Waals surface area (Å²) in [5.74, 6) is 2.19. The minimum absolute atomic E-state index is 0.0414. The molecule has 0 atom stereocenters. The predicted molar refractivity (Wildman–Crippen MR) is 127 cm³/mol. The molecule has 0 spiro atoms. The smallest absolute Gasteiger partial charge is 0.308 e. The van der Waals surface area contributed by atoms with Crippen molar-refractivity contribution in [2.75, 3.05) is 43.1 Å². The fraction of sp³-hybridized carbons (Fsp3) is 0.440. The zero-order valence-electron chi connectivity index (χ0n) is 18.9. The van der Waals surface area contributed by atoms with Gasteiger partial charge in [-0.1, -0.05) is 18.2 Å². The van der Waals surface area contributed by atoms with Gasteiger partial charge in [0.05, 0.1) is 18.5 Å². The Morgan fingerprint density at radius 2 is 1.64 bits per heavy atom. The number of methoxy groups -OCH3 is 1. The number of hydrogen-bond donors (Lipinski definition) is 0. The third-order valence-electron chi connectivity index (χ3n) is 6.60. The molecule has 172 valence electrons. The molecule has 2 saturated heterocycles. The maximum Gasteiger partial charge on any atom is 0.308 e. The van der Waals surface area contributed by atoms with Gasteiger partial charge < -0.3 is 19.3 Å². The quantitative estimate of drug-likeness (QED) is 0.550. The Morgan fingerprint density at radius 1 is 0.909 bits per heavy atom. The van der Waals surface area contributed by atoms with E-state index in [0.717, 1.165) is 74.4 Å². The van der Waals surface area contributed by atoms with E-state index in [1.165, 1.54) is 7.11 Å². The lowest BCUT2D eigenvalue weighted by atomic mass is 9.97. The number of ether oxygens (including phenoxy) is 2. The Bertz CT molecular complexity index is 1110. The first kappa shape index (κ1) is 21.4. The summed E-state index contributed by atoms with van der Waals surface area (Å²) in [6.07, 6.45) is 6.75. The molecular formula is C25H29N5O3. The first-order valence-corrected chi connectivity index (χ1v) is 11.6. The topological polar surface area (TPSA) is 80.7 Å². The summed E-state index contributed by atoms with van der Waals surface area (Å²) >= 11 is 0. The number of nitrogens with zero attached hydrogens (tertiary/aromatic N) is 5. The molecule has 2 fully saturated rings. The summed E-state index contributed by atoms with van der Waals surface area (Å²) in [4.78, 5) is 30.2. The van der Waals surface area contributed by atoms with Gasteiger partial charge in [0.2, 0.25) is 0 Å². The molecule has 2 aliphatic heterocycles. The van der Waals surface area contributed by atoms with Crippen LogP contribution in [0.5, 0.6) is 5.88 Å². The summed E-state index contributed by atoms with van der Waals surface area (Å²) < 4.78 is 11.2. The van der Waals surface area contributed by atoms with Crippen molar-refractivity contribution in [3.63, 3.8) is 0 Å². The summed E-state index contributed by atoms with van der Waals surface area (Å²) in [6, 6.07) is 12.4. The van der Waals surface area contributed by atoms with Crippen LogP contribution in [0.25, 0.3) is 10.9 Å². The van der Waals surface area contributed by atoms with E-state index in [9.17, 15) is 4.79 Å². The van der Waals surface area contributed by atoms with Crippen molar-refractivity contribution in [3.05, 3.63) is 48.8 Å². The number of para-hydroxylation sites is 1. The molecule has 33 heavy (non-hydrogen) atoms. The Kier molecular flexibility index (Phi) is 6.24. The number of carbonyl (C=O) groups excluding carboxylic acids is 1. The lowest BCUT2D eigenvalue weighted by molar-refractivity contribution is -0.146. The average molecular weight is 448 g/mol. The molecule has 0 bridgehead atoms. The summed E-state index contributed by atoms with van der Waals surface area (Å²) in [7, 11) is 1.45. The number of anilines is 2. The highest BCUT2D eigenvalue weighted by Crippen LogP contribution is 2.30. The van der Waals surface area contributed by atoms with Gasteiger partial charge in [0, 0.05) is 56.8 Å². The van der Waals surface area contributed by atoms with Crippen molar-refractivity contribution in [2.45, 2.75) is 31.8 Å². The highest BCUT2D eigenvalue weighted by atomic mass is 16.5. The number of hydrogen-bond acceptors (Lipinski definition) is 8. The van der Waals surface area contributed by atoms with Crippen LogP contribution in [0.4, 0.5) is 11.6 Å². The summed E-state index contributed by atoms with van der Waals surface area (Å²) in [5, 5.41) is 1.16. The maximum atomic E-state index is 11.8. The van der Waals surface area contributed by atoms with Crippen LogP contribution in [0.15, 0.2) is 48.8 Å². The van der Waals surface area contributed by atoms with Gasteiger partial charge in [-0.15, -0.1) is 0 Å². The molecule has 8 heteroatoms. The van der Waals surface area contributed by atoms with E-state index in [0.29, 0.717) is 5.88 Å². The van der Waals surface area contributed by atoms with Crippen LogP contribution in [0.1, 0.15) is 25.7 Å². The molecule has 0 amide bonds. The van der Waals surface area contributed by atoms with Crippen molar-refractivity contribution in [1.82, 2.24) is 15.0 Å². The molecule has 4 heterocycles. The number of fused-ring (bicyclic) bond motifs is 1. The van der Waals surface area contributed by atoms with Gasteiger partial charge in [-0.05, 0) is 31.0 Å². The maximum absolute atomic E-state index is 11.8. The van der Waals surface area contributed by atoms with Gasteiger partial charge >= 0.3 is 5.97 Å². The van der Waals surface area contributed by atoms with Crippen LogP contribution < -0.4 is 14.5 Å². The van der Waals surface area contributed by atoms with E-state index >= 15 is 0 Å². The number of esters is 1. The number of rotatable bonds is 5. The van der Waals surface area contributed by atoms with Crippen LogP contribution in [0, 0.1) is 5.92 Å². The van der Waals surface area contributed by atoms with Crippen molar-refractivity contribution in [2.24, 2.45) is 5.92 Å². The molecule has 0 saturated carbocycles. The van der Waals surface area contributed by atoms with Gasteiger partial charge in [-0.2, -0.15) is 0 Å². The van der Waals surface area contributed by atoms with E-state index in [2.05, 4.69) is 44.0 Å². The number of benzene rings is 1. The summed E-state index contributed by atoms with van der Waals surface area (Å²) in [5.41, 5.74) is 1.02. The minimum atomic E-state index is -0.127. The van der Waals surface area contributed by atoms with Gasteiger partial charge in [-0.3, -0.25) is 4.79 Å². The highest BCUT2D eigenvalue weighted by molar-refractivity contribution is 5.80. The second kappa shape index (κ2) is 9.60. The van der Waals surface area contributed by atoms with Gasteiger partial charge in [0.25, 0.3) is 5.88 Å². The Morgan fingerprint density at radius 3 is 2.42 bits per heavy atom. The van der Waals surface area contributed by atoms with E-state index in [-0.39, 0.29) is 18.0 Å². The standard InChI is InChI=1S/C25H29N5O3/c1-32-25(31)19-8-14-30(15-9-19)23-24(27-13-12-26-23)33-20-10-16-29(17-11-20)22-7-6-18-4-2-3-5-21(18)28-22/h2-7,12-13,19-20H,8-11,14-17H2,1H3. The number of carbonyl (C=O) groups is 1. The van der Waals surface area contributed by atoms with Gasteiger partial charge in [-0.25, -0.2) is 15.0 Å². The fourth-order valence-electron chi connectivity index (χ4n) is 4.70. The normalized spacial score (nSPS) is 17.8. The van der Waals surface area contributed by atoms with Gasteiger partial charge in [0.15, 0.2) is 5.82 Å². The third-order valence-corrected chi connectivity index (χ3v) is 6.60. The second-order valence-electron chi connectivity index (χ2n) is 8.64. The predicted octanol–water partition coefficient (Wildman–Crippen LogP) is 3.46. The first-order valence-electron chi connectivity index (χ1n) is 11.6.